The number of ether oxygens (including phenoxy) is 1. The maximum atomic E-state index is 12.8. The molecule has 1 aliphatic rings. The van der Waals surface area contributed by atoms with Crippen LogP contribution in [0.15, 0.2) is 24.3 Å². The molecule has 1 saturated heterocycles. The van der Waals surface area contributed by atoms with Crippen LogP contribution < -0.4 is 0 Å². The van der Waals surface area contributed by atoms with Crippen LogP contribution in [0.4, 0.5) is 4.79 Å². The van der Waals surface area contributed by atoms with Crippen molar-refractivity contribution < 1.29 is 14.3 Å². The number of rotatable bonds is 2. The average Bonchev–Trinajstić information content (AvgIpc) is 2.93. The van der Waals surface area contributed by atoms with Gasteiger partial charge in [-0.05, 0) is 44.6 Å². The molecule has 132 valence electrons. The monoisotopic (exact) mass is 331 g/mol. The second-order valence-electron chi connectivity index (χ2n) is 8.52. The molecule has 1 atom stereocenters. The lowest BCUT2D eigenvalue weighted by Crippen LogP contribution is -2.43. The first-order chi connectivity index (χ1) is 11.0. The van der Waals surface area contributed by atoms with E-state index < -0.39 is 17.7 Å². The van der Waals surface area contributed by atoms with E-state index >= 15 is 0 Å². The molecule has 0 bridgehead atoms. The molecule has 0 spiro atoms. The van der Waals surface area contributed by atoms with E-state index in [0.717, 1.165) is 6.42 Å². The molecular formula is C20H29NO3. The molecule has 1 aromatic rings. The number of ketones is 1. The van der Waals surface area contributed by atoms with Gasteiger partial charge in [-0.1, -0.05) is 45.0 Å². The largest absolute Gasteiger partial charge is 0.444 e. The highest BCUT2D eigenvalue weighted by Crippen LogP contribution is 2.26. The van der Waals surface area contributed by atoms with Crippen molar-refractivity contribution >= 4 is 11.9 Å². The van der Waals surface area contributed by atoms with Crippen molar-refractivity contribution in [3.05, 3.63) is 35.4 Å². The summed E-state index contributed by atoms with van der Waals surface area (Å²) in [5, 5.41) is 0. The summed E-state index contributed by atoms with van der Waals surface area (Å²) >= 11 is 0. The average molecular weight is 331 g/mol. The van der Waals surface area contributed by atoms with E-state index in [1.54, 1.807) is 4.90 Å². The SMILES string of the molecule is CC(C)(C)OC(=O)N1CCC[C@@H]1C(=O)c1ccc(C(C)(C)C)cc1. The molecule has 1 amide bonds. The molecule has 0 radical (unpaired) electrons. The second kappa shape index (κ2) is 6.58. The fraction of sp³-hybridized carbons (Fsp3) is 0.600. The fourth-order valence-electron chi connectivity index (χ4n) is 2.91. The zero-order chi connectivity index (χ0) is 18.1. The third-order valence-corrected chi connectivity index (χ3v) is 4.22. The number of hydrogen-bond donors (Lipinski definition) is 0. The zero-order valence-electron chi connectivity index (χ0n) is 15.7. The van der Waals surface area contributed by atoms with Crippen molar-refractivity contribution in [2.24, 2.45) is 0 Å². The summed E-state index contributed by atoms with van der Waals surface area (Å²) in [5.41, 5.74) is 1.34. The Morgan fingerprint density at radius 3 is 2.12 bits per heavy atom. The van der Waals surface area contributed by atoms with Gasteiger partial charge in [0.2, 0.25) is 0 Å². The predicted molar refractivity (Wildman–Crippen MR) is 95.4 cm³/mol. The van der Waals surface area contributed by atoms with Crippen LogP contribution in [0.3, 0.4) is 0 Å². The van der Waals surface area contributed by atoms with E-state index in [9.17, 15) is 9.59 Å². The lowest BCUT2D eigenvalue weighted by Gasteiger charge is -2.28. The van der Waals surface area contributed by atoms with Crippen LogP contribution in [0, 0.1) is 0 Å². The third kappa shape index (κ3) is 4.37. The first-order valence-corrected chi connectivity index (χ1v) is 8.63. The van der Waals surface area contributed by atoms with Gasteiger partial charge >= 0.3 is 6.09 Å². The number of likely N-dealkylation sites (tertiary alicyclic amines) is 1. The van der Waals surface area contributed by atoms with Gasteiger partial charge in [-0.25, -0.2) is 4.79 Å². The Kier molecular flexibility index (Phi) is 5.07. The van der Waals surface area contributed by atoms with Gasteiger partial charge in [0.25, 0.3) is 0 Å². The van der Waals surface area contributed by atoms with Gasteiger partial charge < -0.3 is 4.74 Å². The Morgan fingerprint density at radius 1 is 1.04 bits per heavy atom. The summed E-state index contributed by atoms with van der Waals surface area (Å²) < 4.78 is 5.44. The van der Waals surface area contributed by atoms with Gasteiger partial charge in [0.1, 0.15) is 5.60 Å². The van der Waals surface area contributed by atoms with Crippen LogP contribution in [0.5, 0.6) is 0 Å². The molecule has 24 heavy (non-hydrogen) atoms. The van der Waals surface area contributed by atoms with Crippen molar-refractivity contribution in [3.63, 3.8) is 0 Å². The van der Waals surface area contributed by atoms with Crippen LogP contribution in [0.1, 0.15) is 70.3 Å². The minimum absolute atomic E-state index is 0.00109. The van der Waals surface area contributed by atoms with Crippen molar-refractivity contribution in [1.82, 2.24) is 4.90 Å². The number of hydrogen-bond acceptors (Lipinski definition) is 3. The standard InChI is InChI=1S/C20H29NO3/c1-19(2,3)15-11-9-14(10-12-15)17(22)16-8-7-13-21(16)18(23)24-20(4,5)6/h9-12,16H,7-8,13H2,1-6H3/t16-/m1/s1. The Morgan fingerprint density at radius 2 is 1.62 bits per heavy atom. The van der Waals surface area contributed by atoms with Crippen LogP contribution in [0.25, 0.3) is 0 Å². The number of carbonyl (C=O) groups is 2. The second-order valence-corrected chi connectivity index (χ2v) is 8.52. The first kappa shape index (κ1) is 18.5. The van der Waals surface area contributed by atoms with Gasteiger partial charge in [-0.15, -0.1) is 0 Å². The maximum Gasteiger partial charge on any atom is 0.410 e. The number of amides is 1. The zero-order valence-corrected chi connectivity index (χ0v) is 15.7. The molecule has 1 fully saturated rings. The molecular weight excluding hydrogens is 302 g/mol. The molecule has 0 saturated carbocycles. The molecule has 0 unspecified atom stereocenters. The van der Waals surface area contributed by atoms with Gasteiger partial charge in [-0.3, -0.25) is 9.69 Å². The van der Waals surface area contributed by atoms with Crippen molar-refractivity contribution in [2.75, 3.05) is 6.54 Å². The summed E-state index contributed by atoms with van der Waals surface area (Å²) in [6.45, 7) is 12.5. The van der Waals surface area contributed by atoms with Crippen molar-refractivity contribution in [3.8, 4) is 0 Å². The van der Waals surface area contributed by atoms with E-state index in [1.165, 1.54) is 5.56 Å². The predicted octanol–water partition coefficient (Wildman–Crippen LogP) is 4.57. The van der Waals surface area contributed by atoms with Crippen molar-refractivity contribution in [2.45, 2.75) is 71.4 Å². The summed E-state index contributed by atoms with van der Waals surface area (Å²) in [7, 11) is 0. The van der Waals surface area contributed by atoms with E-state index in [1.807, 2.05) is 45.0 Å². The highest BCUT2D eigenvalue weighted by atomic mass is 16.6. The van der Waals surface area contributed by atoms with Crippen LogP contribution in [0.2, 0.25) is 0 Å². The fourth-order valence-corrected chi connectivity index (χ4v) is 2.91. The molecule has 0 N–H and O–H groups in total. The first-order valence-electron chi connectivity index (χ1n) is 8.63. The number of nitrogens with zero attached hydrogens (tertiary/aromatic N) is 1. The molecule has 0 aromatic heterocycles. The quantitative estimate of drug-likeness (QED) is 0.746. The van der Waals surface area contributed by atoms with Gasteiger partial charge in [0, 0.05) is 12.1 Å². The molecule has 2 rings (SSSR count). The lowest BCUT2D eigenvalue weighted by molar-refractivity contribution is 0.0222. The smallest absolute Gasteiger partial charge is 0.410 e. The summed E-state index contributed by atoms with van der Waals surface area (Å²) in [4.78, 5) is 26.8. The number of carbonyl (C=O) groups excluding carboxylic acids is 2. The normalized spacial score (nSPS) is 18.6. The Balaban J connectivity index is 2.14. The van der Waals surface area contributed by atoms with E-state index in [0.29, 0.717) is 18.5 Å². The Labute approximate surface area is 145 Å². The van der Waals surface area contributed by atoms with Crippen molar-refractivity contribution in [1.29, 1.82) is 0 Å². The van der Waals surface area contributed by atoms with Crippen LogP contribution in [-0.4, -0.2) is 35.0 Å². The van der Waals surface area contributed by atoms with Gasteiger partial charge in [0.05, 0.1) is 6.04 Å². The van der Waals surface area contributed by atoms with Gasteiger partial charge in [0.15, 0.2) is 5.78 Å². The number of benzene rings is 1. The number of Topliss-reactive ketones (excluding diaryl/α,β-unsaturated/α-hetero) is 1. The summed E-state index contributed by atoms with van der Waals surface area (Å²) in [6.07, 6.45) is 1.12. The molecule has 0 aliphatic carbocycles. The molecule has 1 aliphatic heterocycles. The molecule has 4 nitrogen and oxygen atoms in total. The topological polar surface area (TPSA) is 46.6 Å². The highest BCUT2D eigenvalue weighted by Gasteiger charge is 2.36. The van der Waals surface area contributed by atoms with E-state index in [4.69, 9.17) is 4.74 Å². The Hall–Kier alpha value is -1.84. The molecule has 4 heteroatoms. The Bertz CT molecular complexity index is 605. The highest BCUT2D eigenvalue weighted by molar-refractivity contribution is 6.01. The molecule has 1 heterocycles. The maximum absolute atomic E-state index is 12.8. The summed E-state index contributed by atoms with van der Waals surface area (Å²) in [5.74, 6) is -0.00109. The van der Waals surface area contributed by atoms with Gasteiger partial charge in [-0.2, -0.15) is 0 Å². The minimum Gasteiger partial charge on any atom is -0.444 e. The van der Waals surface area contributed by atoms with E-state index in [-0.39, 0.29) is 11.2 Å². The molecule has 1 aromatic carbocycles. The van der Waals surface area contributed by atoms with Crippen LogP contribution in [-0.2, 0) is 10.2 Å². The summed E-state index contributed by atoms with van der Waals surface area (Å²) in [6, 6.07) is 7.32. The lowest BCUT2D eigenvalue weighted by atomic mass is 9.86. The van der Waals surface area contributed by atoms with E-state index in [2.05, 4.69) is 20.8 Å². The van der Waals surface area contributed by atoms with Crippen LogP contribution >= 0.6 is 0 Å². The minimum atomic E-state index is -0.554. The third-order valence-electron chi connectivity index (χ3n) is 4.22.